The Hall–Kier alpha value is -2.32. The summed E-state index contributed by atoms with van der Waals surface area (Å²) in [6.45, 7) is 1.30. The van der Waals surface area contributed by atoms with E-state index in [4.69, 9.17) is 4.74 Å². The van der Waals surface area contributed by atoms with Crippen LogP contribution >= 0.6 is 0 Å². The summed E-state index contributed by atoms with van der Waals surface area (Å²) < 4.78 is 58.9. The molecular formula is C18H24F4N2O3. The van der Waals surface area contributed by atoms with Gasteiger partial charge in [-0.3, -0.25) is 14.5 Å². The van der Waals surface area contributed by atoms with E-state index in [9.17, 15) is 27.2 Å². The van der Waals surface area contributed by atoms with Crippen molar-refractivity contribution < 1.29 is 31.9 Å². The lowest BCUT2D eigenvalue weighted by Crippen LogP contribution is -2.50. The highest BCUT2D eigenvalue weighted by Crippen LogP contribution is 2.29. The van der Waals surface area contributed by atoms with Gasteiger partial charge < -0.3 is 10.1 Å². The van der Waals surface area contributed by atoms with Gasteiger partial charge in [0.15, 0.2) is 0 Å². The molecule has 0 radical (unpaired) electrons. The first-order chi connectivity index (χ1) is 12.6. The number of anilines is 1. The zero-order valence-corrected chi connectivity index (χ0v) is 15.5. The molecular weight excluding hydrogens is 368 g/mol. The molecule has 9 heteroatoms. The molecule has 0 aliphatic carbocycles. The predicted octanol–water partition coefficient (Wildman–Crippen LogP) is 4.17. The highest BCUT2D eigenvalue weighted by Gasteiger charge is 2.37. The van der Waals surface area contributed by atoms with Gasteiger partial charge in [-0.1, -0.05) is 0 Å². The number of hydrogen-bond donors (Lipinski definition) is 2. The minimum Gasteiger partial charge on any atom is -0.444 e. The van der Waals surface area contributed by atoms with Crippen molar-refractivity contribution in [2.24, 2.45) is 0 Å². The highest BCUT2D eigenvalue weighted by molar-refractivity contribution is 5.85. The summed E-state index contributed by atoms with van der Waals surface area (Å²) in [4.78, 5) is 23.6. The largest absolute Gasteiger partial charge is 0.444 e. The Morgan fingerprint density at radius 2 is 1.74 bits per heavy atom. The van der Waals surface area contributed by atoms with Gasteiger partial charge in [0.25, 0.3) is 0 Å². The van der Waals surface area contributed by atoms with Gasteiger partial charge in [0.1, 0.15) is 30.3 Å². The van der Waals surface area contributed by atoms with Crippen LogP contribution < -0.4 is 10.6 Å². The van der Waals surface area contributed by atoms with Crippen LogP contribution in [0.1, 0.15) is 39.2 Å². The molecule has 0 saturated heterocycles. The third kappa shape index (κ3) is 6.73. The van der Waals surface area contributed by atoms with Gasteiger partial charge in [0.05, 0.1) is 6.67 Å². The van der Waals surface area contributed by atoms with Crippen LogP contribution in [0.3, 0.4) is 0 Å². The summed E-state index contributed by atoms with van der Waals surface area (Å²) in [5.74, 6) is -1.78. The van der Waals surface area contributed by atoms with Crippen LogP contribution in [0.25, 0.3) is 0 Å². The number of alkyl halides is 3. The smallest absolute Gasteiger partial charge is 0.412 e. The molecule has 0 bridgehead atoms. The highest BCUT2D eigenvalue weighted by atomic mass is 19.1. The number of benzene rings is 1. The zero-order valence-electron chi connectivity index (χ0n) is 15.5. The van der Waals surface area contributed by atoms with E-state index in [0.717, 1.165) is 12.1 Å². The molecule has 152 valence electrons. The van der Waals surface area contributed by atoms with E-state index in [0.29, 0.717) is 0 Å². The molecule has 0 aliphatic heterocycles. The topological polar surface area (TPSA) is 67.4 Å². The Kier molecular flexibility index (Phi) is 8.05. The van der Waals surface area contributed by atoms with E-state index < -0.39 is 54.5 Å². The molecule has 5 nitrogen and oxygen atoms in total. The van der Waals surface area contributed by atoms with Gasteiger partial charge in [-0.05, 0) is 45.4 Å². The first-order valence-electron chi connectivity index (χ1n) is 8.36. The monoisotopic (exact) mass is 392 g/mol. The average molecular weight is 392 g/mol. The lowest BCUT2D eigenvalue weighted by atomic mass is 9.91. The average Bonchev–Trinajstić information content (AvgIpc) is 2.58. The fraction of sp³-hybridized carbons (Fsp3) is 0.556. The summed E-state index contributed by atoms with van der Waals surface area (Å²) in [5, 5.41) is 4.44. The second-order valence-corrected chi connectivity index (χ2v) is 7.01. The molecule has 0 unspecified atom stereocenters. The van der Waals surface area contributed by atoms with Crippen molar-refractivity contribution in [3.63, 3.8) is 0 Å². The maximum absolute atomic E-state index is 14.3. The Morgan fingerprint density at radius 1 is 1.11 bits per heavy atom. The molecule has 0 saturated carbocycles. The number of hydrogen-bond acceptors (Lipinski definition) is 3. The number of ether oxygens (including phenoxy) is 1. The third-order valence-electron chi connectivity index (χ3n) is 3.50. The minimum absolute atomic E-state index is 0.0323. The Bertz CT molecular complexity index is 658. The summed E-state index contributed by atoms with van der Waals surface area (Å²) in [6, 6.07) is 3.12. The minimum atomic E-state index is -2.27. The standard InChI is InChI=1S/C18H24F4N2O3/c1-17(2,3)27-16(26)23-12-6-7-14(22)13(9-12)18(10-20,11-21)24-15(25)5-4-8-19/h6-7,9H,4-5,8,10-11H2,1-3H3,(H,23,26)(H,24,25). The van der Waals surface area contributed by atoms with Crippen molar-refractivity contribution in [2.45, 2.75) is 44.8 Å². The molecule has 0 aliphatic rings. The van der Waals surface area contributed by atoms with Crippen LogP contribution in [-0.2, 0) is 15.1 Å². The lowest BCUT2D eigenvalue weighted by molar-refractivity contribution is -0.124. The molecule has 2 amide bonds. The van der Waals surface area contributed by atoms with Gasteiger partial charge in [-0.15, -0.1) is 0 Å². The quantitative estimate of drug-likeness (QED) is 0.653. The van der Waals surface area contributed by atoms with Crippen molar-refractivity contribution in [2.75, 3.05) is 25.3 Å². The molecule has 0 spiro atoms. The molecule has 1 aromatic carbocycles. The van der Waals surface area contributed by atoms with Crippen molar-refractivity contribution in [3.05, 3.63) is 29.6 Å². The first kappa shape index (κ1) is 22.7. The molecule has 0 aromatic heterocycles. The molecule has 1 aromatic rings. The van der Waals surface area contributed by atoms with Gasteiger partial charge in [-0.2, -0.15) is 0 Å². The van der Waals surface area contributed by atoms with E-state index in [-0.39, 0.29) is 18.5 Å². The van der Waals surface area contributed by atoms with Gasteiger partial charge in [0, 0.05) is 17.7 Å². The fourth-order valence-corrected chi connectivity index (χ4v) is 2.26. The van der Waals surface area contributed by atoms with Gasteiger partial charge >= 0.3 is 6.09 Å². The van der Waals surface area contributed by atoms with E-state index in [2.05, 4.69) is 10.6 Å². The molecule has 0 heterocycles. The van der Waals surface area contributed by atoms with Gasteiger partial charge in [-0.25, -0.2) is 18.0 Å². The molecule has 0 atom stereocenters. The third-order valence-corrected chi connectivity index (χ3v) is 3.50. The summed E-state index contributed by atoms with van der Waals surface area (Å²) in [7, 11) is 0. The second-order valence-electron chi connectivity index (χ2n) is 7.01. The molecule has 1 rings (SSSR count). The number of halogens is 4. The van der Waals surface area contributed by atoms with Crippen molar-refractivity contribution in [1.82, 2.24) is 5.32 Å². The van der Waals surface area contributed by atoms with E-state index in [1.165, 1.54) is 6.07 Å². The predicted molar refractivity (Wildman–Crippen MR) is 93.2 cm³/mol. The zero-order chi connectivity index (χ0) is 20.7. The van der Waals surface area contributed by atoms with E-state index in [1.807, 2.05) is 0 Å². The number of rotatable bonds is 8. The summed E-state index contributed by atoms with van der Waals surface area (Å²) >= 11 is 0. The number of carbonyl (C=O) groups excluding carboxylic acids is 2. The fourth-order valence-electron chi connectivity index (χ4n) is 2.26. The second kappa shape index (κ2) is 9.57. The Balaban J connectivity index is 3.12. The van der Waals surface area contributed by atoms with Crippen molar-refractivity contribution in [1.29, 1.82) is 0 Å². The number of carbonyl (C=O) groups is 2. The molecule has 0 fully saturated rings. The Morgan fingerprint density at radius 3 is 2.26 bits per heavy atom. The van der Waals surface area contributed by atoms with Crippen LogP contribution in [0.2, 0.25) is 0 Å². The maximum Gasteiger partial charge on any atom is 0.412 e. The summed E-state index contributed by atoms with van der Waals surface area (Å²) in [5.41, 5.74) is -3.50. The Labute approximate surface area is 155 Å². The number of amides is 2. The first-order valence-corrected chi connectivity index (χ1v) is 8.36. The van der Waals surface area contributed by atoms with Crippen LogP contribution in [0, 0.1) is 5.82 Å². The number of nitrogens with one attached hydrogen (secondary N) is 2. The van der Waals surface area contributed by atoms with Crippen LogP contribution in [0.15, 0.2) is 18.2 Å². The van der Waals surface area contributed by atoms with E-state index >= 15 is 0 Å². The van der Waals surface area contributed by atoms with Crippen LogP contribution in [0.4, 0.5) is 28.0 Å². The normalized spacial score (nSPS) is 11.8. The van der Waals surface area contributed by atoms with Crippen LogP contribution in [0.5, 0.6) is 0 Å². The molecule has 2 N–H and O–H groups in total. The van der Waals surface area contributed by atoms with Crippen molar-refractivity contribution >= 4 is 17.7 Å². The SMILES string of the molecule is CC(C)(C)OC(=O)Nc1ccc(F)c(C(CF)(CF)NC(=O)CCCF)c1. The van der Waals surface area contributed by atoms with Crippen molar-refractivity contribution in [3.8, 4) is 0 Å². The lowest BCUT2D eigenvalue weighted by Gasteiger charge is -2.30. The summed E-state index contributed by atoms with van der Waals surface area (Å²) in [6.07, 6.45) is -1.25. The molecule has 27 heavy (non-hydrogen) atoms. The maximum atomic E-state index is 14.3. The van der Waals surface area contributed by atoms with Crippen LogP contribution in [-0.4, -0.2) is 37.6 Å². The van der Waals surface area contributed by atoms with E-state index in [1.54, 1.807) is 20.8 Å². The van der Waals surface area contributed by atoms with Gasteiger partial charge in [0.2, 0.25) is 5.91 Å².